The predicted molar refractivity (Wildman–Crippen MR) is 107 cm³/mol. The van der Waals surface area contributed by atoms with Crippen molar-refractivity contribution in [2.24, 2.45) is 0 Å². The van der Waals surface area contributed by atoms with Gasteiger partial charge in [0.25, 0.3) is 11.1 Å². The Morgan fingerprint density at radius 1 is 1.22 bits per heavy atom. The number of anilines is 1. The second-order valence-electron chi connectivity index (χ2n) is 5.50. The lowest BCUT2D eigenvalue weighted by atomic mass is 10.2. The summed E-state index contributed by atoms with van der Waals surface area (Å²) in [5, 5.41) is 2.46. The first-order valence-electron chi connectivity index (χ1n) is 7.59. The van der Waals surface area contributed by atoms with Crippen molar-refractivity contribution in [2.45, 2.75) is 0 Å². The van der Waals surface area contributed by atoms with E-state index in [0.717, 1.165) is 16.7 Å². The molecule has 1 fully saturated rings. The number of nitrogens with zero attached hydrogens (tertiary/aromatic N) is 1. The van der Waals surface area contributed by atoms with Gasteiger partial charge in [-0.05, 0) is 69.7 Å². The smallest absolute Gasteiger partial charge is 0.294 e. The average molecular weight is 470 g/mol. The van der Waals surface area contributed by atoms with Crippen LogP contribution in [0.3, 0.4) is 0 Å². The molecule has 1 aliphatic heterocycles. The molecule has 3 rings (SSSR count). The molecule has 1 saturated heterocycles. The maximum Gasteiger partial charge on any atom is 0.294 e. The van der Waals surface area contributed by atoms with E-state index in [4.69, 9.17) is 11.6 Å². The summed E-state index contributed by atoms with van der Waals surface area (Å²) in [6.45, 7) is -0.418. The van der Waals surface area contributed by atoms with Crippen molar-refractivity contribution >= 4 is 68.1 Å². The fourth-order valence-electron chi connectivity index (χ4n) is 2.26. The number of thioether (sulfide) groups is 1. The van der Waals surface area contributed by atoms with Crippen LogP contribution in [0.5, 0.6) is 0 Å². The summed E-state index contributed by atoms with van der Waals surface area (Å²) in [5.41, 5.74) is 1.03. The summed E-state index contributed by atoms with van der Waals surface area (Å²) in [7, 11) is 0. The highest BCUT2D eigenvalue weighted by Crippen LogP contribution is 2.32. The molecule has 0 radical (unpaired) electrons. The Kier molecular flexibility index (Phi) is 5.98. The predicted octanol–water partition coefficient (Wildman–Crippen LogP) is 4.92. The molecule has 1 heterocycles. The molecule has 9 heteroatoms. The van der Waals surface area contributed by atoms with E-state index in [2.05, 4.69) is 21.2 Å². The highest BCUT2D eigenvalue weighted by atomic mass is 79.9. The number of hydrogen-bond acceptors (Lipinski definition) is 4. The Balaban J connectivity index is 1.68. The first-order chi connectivity index (χ1) is 12.8. The van der Waals surface area contributed by atoms with Gasteiger partial charge >= 0.3 is 0 Å². The van der Waals surface area contributed by atoms with Crippen LogP contribution in [0.15, 0.2) is 51.8 Å². The molecule has 5 nitrogen and oxygen atoms in total. The molecule has 3 amide bonds. The van der Waals surface area contributed by atoms with Crippen LogP contribution in [0.2, 0.25) is 5.02 Å². The van der Waals surface area contributed by atoms with Crippen molar-refractivity contribution in [1.82, 2.24) is 4.90 Å². The highest BCUT2D eigenvalue weighted by Gasteiger charge is 2.36. The van der Waals surface area contributed by atoms with Gasteiger partial charge in [-0.25, -0.2) is 4.39 Å². The summed E-state index contributed by atoms with van der Waals surface area (Å²) in [4.78, 5) is 37.7. The Hall–Kier alpha value is -2.16. The number of carbonyl (C=O) groups excluding carboxylic acids is 3. The largest absolute Gasteiger partial charge is 0.324 e. The lowest BCUT2D eigenvalue weighted by Crippen LogP contribution is -2.36. The van der Waals surface area contributed by atoms with Crippen molar-refractivity contribution in [2.75, 3.05) is 11.9 Å². The van der Waals surface area contributed by atoms with Crippen LogP contribution in [-0.2, 0) is 9.59 Å². The van der Waals surface area contributed by atoms with Crippen molar-refractivity contribution in [3.8, 4) is 0 Å². The molecule has 1 aliphatic rings. The van der Waals surface area contributed by atoms with Crippen molar-refractivity contribution in [1.29, 1.82) is 0 Å². The minimum absolute atomic E-state index is 0.172. The molecule has 0 bridgehead atoms. The summed E-state index contributed by atoms with van der Waals surface area (Å²) in [6, 6.07) is 10.4. The van der Waals surface area contributed by atoms with Crippen LogP contribution in [-0.4, -0.2) is 28.5 Å². The molecule has 0 aliphatic carbocycles. The van der Waals surface area contributed by atoms with E-state index in [1.54, 1.807) is 18.2 Å². The SMILES string of the molecule is O=C(CN1C(=O)S/C(=C/c2ccc(F)cc2)C1=O)Nc1ccc(Br)c(Cl)c1. The molecule has 0 unspecified atom stereocenters. The van der Waals surface area contributed by atoms with E-state index in [1.165, 1.54) is 30.3 Å². The lowest BCUT2D eigenvalue weighted by molar-refractivity contribution is -0.127. The van der Waals surface area contributed by atoms with E-state index in [-0.39, 0.29) is 4.91 Å². The fourth-order valence-corrected chi connectivity index (χ4v) is 3.53. The first-order valence-corrected chi connectivity index (χ1v) is 9.58. The third-order valence-electron chi connectivity index (χ3n) is 3.55. The molecule has 27 heavy (non-hydrogen) atoms. The summed E-state index contributed by atoms with van der Waals surface area (Å²) < 4.78 is 13.6. The molecule has 1 N–H and O–H groups in total. The molecule has 2 aromatic rings. The molecule has 2 aromatic carbocycles. The van der Waals surface area contributed by atoms with Crippen molar-refractivity contribution in [3.05, 3.63) is 68.2 Å². The van der Waals surface area contributed by atoms with E-state index < -0.39 is 29.4 Å². The summed E-state index contributed by atoms with van der Waals surface area (Å²) in [5.74, 6) is -1.50. The second kappa shape index (κ2) is 8.24. The molecule has 0 spiro atoms. The number of halogens is 3. The number of rotatable bonds is 4. The van der Waals surface area contributed by atoms with Crippen molar-refractivity contribution in [3.63, 3.8) is 0 Å². The molecular weight excluding hydrogens is 459 g/mol. The number of carbonyl (C=O) groups is 3. The van der Waals surface area contributed by atoms with Crippen LogP contribution in [0.4, 0.5) is 14.9 Å². The zero-order valence-corrected chi connectivity index (χ0v) is 16.7. The minimum atomic E-state index is -0.571. The third-order valence-corrected chi connectivity index (χ3v) is 5.69. The number of benzene rings is 2. The van der Waals surface area contributed by atoms with Crippen LogP contribution < -0.4 is 5.32 Å². The maximum absolute atomic E-state index is 13.0. The zero-order valence-electron chi connectivity index (χ0n) is 13.5. The van der Waals surface area contributed by atoms with Gasteiger partial charge in [0.1, 0.15) is 12.4 Å². The number of amides is 3. The van der Waals surface area contributed by atoms with Crippen molar-refractivity contribution < 1.29 is 18.8 Å². The van der Waals surface area contributed by atoms with E-state index in [9.17, 15) is 18.8 Å². The number of nitrogens with one attached hydrogen (secondary N) is 1. The first kappa shape index (κ1) is 19.6. The van der Waals surface area contributed by atoms with E-state index in [0.29, 0.717) is 20.7 Å². The van der Waals surface area contributed by atoms with Gasteiger partial charge in [0.15, 0.2) is 0 Å². The third kappa shape index (κ3) is 4.77. The lowest BCUT2D eigenvalue weighted by Gasteiger charge is -2.12. The van der Waals surface area contributed by atoms with Crippen LogP contribution >= 0.6 is 39.3 Å². The quantitative estimate of drug-likeness (QED) is 0.646. The van der Waals surface area contributed by atoms with E-state index >= 15 is 0 Å². The van der Waals surface area contributed by atoms with Gasteiger partial charge in [-0.1, -0.05) is 23.7 Å². The number of imide groups is 1. The topological polar surface area (TPSA) is 66.5 Å². The second-order valence-corrected chi connectivity index (χ2v) is 7.75. The monoisotopic (exact) mass is 468 g/mol. The van der Waals surface area contributed by atoms with Gasteiger partial charge in [-0.2, -0.15) is 0 Å². The zero-order chi connectivity index (χ0) is 19.6. The molecule has 0 saturated carbocycles. The summed E-state index contributed by atoms with van der Waals surface area (Å²) >= 11 is 9.95. The van der Waals surface area contributed by atoms with Gasteiger partial charge < -0.3 is 5.32 Å². The highest BCUT2D eigenvalue weighted by molar-refractivity contribution is 9.10. The van der Waals surface area contributed by atoms with Gasteiger partial charge in [-0.15, -0.1) is 0 Å². The molecule has 0 aromatic heterocycles. The fraction of sp³-hybridized carbons (Fsp3) is 0.0556. The standard InChI is InChI=1S/C18H11BrClFN2O3S/c19-13-6-5-12(8-14(13)20)22-16(24)9-23-17(25)15(27-18(23)26)7-10-1-3-11(21)4-2-10/h1-8H,9H2,(H,22,24)/b15-7+. The Labute approximate surface area is 171 Å². The summed E-state index contributed by atoms with van der Waals surface area (Å²) in [6.07, 6.45) is 1.48. The Bertz CT molecular complexity index is 966. The van der Waals surface area contributed by atoms with Gasteiger partial charge in [-0.3, -0.25) is 19.3 Å². The van der Waals surface area contributed by atoms with Gasteiger partial charge in [0, 0.05) is 10.2 Å². The normalized spacial score (nSPS) is 15.5. The number of hydrogen-bond donors (Lipinski definition) is 1. The van der Waals surface area contributed by atoms with Gasteiger partial charge in [0.05, 0.1) is 9.93 Å². The Morgan fingerprint density at radius 2 is 1.93 bits per heavy atom. The van der Waals surface area contributed by atoms with Crippen LogP contribution in [0, 0.1) is 5.82 Å². The average Bonchev–Trinajstić information content (AvgIpc) is 2.87. The maximum atomic E-state index is 13.0. The van der Waals surface area contributed by atoms with Crippen LogP contribution in [0.1, 0.15) is 5.56 Å². The molecular formula is C18H11BrClFN2O3S. The van der Waals surface area contributed by atoms with Crippen LogP contribution in [0.25, 0.3) is 6.08 Å². The minimum Gasteiger partial charge on any atom is -0.324 e. The molecule has 0 atom stereocenters. The molecule has 138 valence electrons. The Morgan fingerprint density at radius 3 is 2.59 bits per heavy atom. The van der Waals surface area contributed by atoms with E-state index in [1.807, 2.05) is 0 Å². The van der Waals surface area contributed by atoms with Gasteiger partial charge in [0.2, 0.25) is 5.91 Å².